The van der Waals surface area contributed by atoms with Crippen LogP contribution in [0, 0.1) is 5.92 Å². The molecule has 0 aromatic heterocycles. The van der Waals surface area contributed by atoms with E-state index in [-0.39, 0.29) is 11.7 Å². The molecule has 0 aliphatic carbocycles. The number of esters is 1. The van der Waals surface area contributed by atoms with E-state index in [0.717, 1.165) is 0 Å². The van der Waals surface area contributed by atoms with Crippen LogP contribution in [0.15, 0.2) is 0 Å². The first-order chi connectivity index (χ1) is 5.93. The zero-order chi connectivity index (χ0) is 10.5. The van der Waals surface area contributed by atoms with Crippen LogP contribution in [0.25, 0.3) is 0 Å². The predicted molar refractivity (Wildman–Crippen MR) is 46.8 cm³/mol. The van der Waals surface area contributed by atoms with E-state index < -0.39 is 21.7 Å². The van der Waals surface area contributed by atoms with Gasteiger partial charge in [0.25, 0.3) is 0 Å². The van der Waals surface area contributed by atoms with Crippen LogP contribution in [0.1, 0.15) is 6.92 Å². The summed E-state index contributed by atoms with van der Waals surface area (Å²) in [5.74, 6) is -1.79. The molecule has 0 N–H and O–H groups in total. The highest BCUT2D eigenvalue weighted by molar-refractivity contribution is 7.91. The quantitative estimate of drug-likeness (QED) is 0.588. The minimum Gasteiger partial charge on any atom is -0.469 e. The summed E-state index contributed by atoms with van der Waals surface area (Å²) in [7, 11) is -0.793. The van der Waals surface area contributed by atoms with Crippen LogP contribution in [0.3, 0.4) is 0 Å². The van der Waals surface area contributed by atoms with Crippen LogP contribution in [-0.2, 0) is 24.1 Å². The molecule has 1 atom stereocenters. The first kappa shape index (κ1) is 12.4. The van der Waals surface area contributed by atoms with E-state index in [1.54, 1.807) is 0 Å². The van der Waals surface area contributed by atoms with Gasteiger partial charge < -0.3 is 9.47 Å². The number of carbonyl (C=O) groups excluding carboxylic acids is 1. The van der Waals surface area contributed by atoms with Gasteiger partial charge in [-0.25, -0.2) is 8.42 Å². The minimum atomic E-state index is -3.31. The van der Waals surface area contributed by atoms with E-state index in [2.05, 4.69) is 9.47 Å². The average molecular weight is 210 g/mol. The van der Waals surface area contributed by atoms with Gasteiger partial charge in [0.1, 0.15) is 5.94 Å². The Labute approximate surface area is 77.9 Å². The van der Waals surface area contributed by atoms with E-state index in [9.17, 15) is 13.2 Å². The zero-order valence-corrected chi connectivity index (χ0v) is 8.76. The molecular formula is C7H14O5S. The van der Waals surface area contributed by atoms with Gasteiger partial charge in [0, 0.05) is 7.11 Å². The topological polar surface area (TPSA) is 69.7 Å². The summed E-state index contributed by atoms with van der Waals surface area (Å²) >= 11 is 0. The van der Waals surface area contributed by atoms with E-state index >= 15 is 0 Å². The van der Waals surface area contributed by atoms with Gasteiger partial charge in [-0.15, -0.1) is 0 Å². The van der Waals surface area contributed by atoms with Crippen molar-refractivity contribution in [3.05, 3.63) is 0 Å². The van der Waals surface area contributed by atoms with Gasteiger partial charge in [0.2, 0.25) is 0 Å². The molecule has 0 aliphatic heterocycles. The molecular weight excluding hydrogens is 196 g/mol. The highest BCUT2D eigenvalue weighted by Gasteiger charge is 2.21. The maximum atomic E-state index is 11.1. The fourth-order valence-electron chi connectivity index (χ4n) is 0.878. The highest BCUT2D eigenvalue weighted by Crippen LogP contribution is 2.03. The second kappa shape index (κ2) is 5.18. The number of ether oxygens (including phenoxy) is 2. The lowest BCUT2D eigenvalue weighted by molar-refractivity contribution is -0.144. The van der Waals surface area contributed by atoms with E-state index in [1.807, 2.05) is 0 Å². The lowest BCUT2D eigenvalue weighted by Crippen LogP contribution is -2.24. The first-order valence-electron chi connectivity index (χ1n) is 3.70. The number of hydrogen-bond donors (Lipinski definition) is 0. The van der Waals surface area contributed by atoms with Gasteiger partial charge in [0.05, 0.1) is 18.8 Å². The Morgan fingerprint density at radius 1 is 1.38 bits per heavy atom. The van der Waals surface area contributed by atoms with Crippen LogP contribution in [-0.4, -0.2) is 40.3 Å². The summed E-state index contributed by atoms with van der Waals surface area (Å²) in [4.78, 5) is 10.9. The Kier molecular flexibility index (Phi) is 4.94. The Balaban J connectivity index is 4.20. The smallest absolute Gasteiger partial charge is 0.309 e. The van der Waals surface area contributed by atoms with Gasteiger partial charge >= 0.3 is 5.97 Å². The van der Waals surface area contributed by atoms with Crippen LogP contribution >= 0.6 is 0 Å². The summed E-state index contributed by atoms with van der Waals surface area (Å²) in [5.41, 5.74) is 0. The normalized spacial score (nSPS) is 13.8. The largest absolute Gasteiger partial charge is 0.469 e. The van der Waals surface area contributed by atoms with Crippen LogP contribution in [0.5, 0.6) is 0 Å². The maximum absolute atomic E-state index is 11.1. The van der Waals surface area contributed by atoms with Gasteiger partial charge in [-0.1, -0.05) is 6.92 Å². The molecule has 0 spiro atoms. The molecule has 0 bridgehead atoms. The Morgan fingerprint density at radius 3 is 2.31 bits per heavy atom. The molecule has 0 heterocycles. The molecule has 0 aliphatic rings. The number of methoxy groups -OCH3 is 2. The molecule has 0 aromatic carbocycles. The standard InChI is InChI=1S/C7H14O5S/c1-6(7(8)12-3)4-13(9,10)5-11-2/h6H,4-5H2,1-3H3. The van der Waals surface area contributed by atoms with Crippen LogP contribution in [0.2, 0.25) is 0 Å². The summed E-state index contributed by atoms with van der Waals surface area (Å²) in [6.07, 6.45) is 0. The summed E-state index contributed by atoms with van der Waals surface area (Å²) in [6, 6.07) is 0. The van der Waals surface area contributed by atoms with Crippen molar-refractivity contribution in [1.29, 1.82) is 0 Å². The van der Waals surface area contributed by atoms with Crippen molar-refractivity contribution in [3.63, 3.8) is 0 Å². The molecule has 6 heteroatoms. The summed E-state index contributed by atoms with van der Waals surface area (Å²) < 4.78 is 31.1. The molecule has 5 nitrogen and oxygen atoms in total. The van der Waals surface area contributed by atoms with Crippen molar-refractivity contribution in [2.75, 3.05) is 25.9 Å². The maximum Gasteiger partial charge on any atom is 0.309 e. The molecule has 1 unspecified atom stereocenters. The first-order valence-corrected chi connectivity index (χ1v) is 5.52. The Hall–Kier alpha value is -0.620. The number of rotatable bonds is 5. The lowest BCUT2D eigenvalue weighted by atomic mass is 10.2. The third kappa shape index (κ3) is 4.84. The molecule has 0 amide bonds. The third-order valence-electron chi connectivity index (χ3n) is 1.40. The van der Waals surface area contributed by atoms with Crippen LogP contribution < -0.4 is 0 Å². The van der Waals surface area contributed by atoms with E-state index in [0.29, 0.717) is 0 Å². The number of sulfone groups is 1. The molecule has 13 heavy (non-hydrogen) atoms. The highest BCUT2D eigenvalue weighted by atomic mass is 32.2. The summed E-state index contributed by atoms with van der Waals surface area (Å²) in [6.45, 7) is 1.50. The molecule has 0 aromatic rings. The van der Waals surface area contributed by atoms with E-state index in [4.69, 9.17) is 0 Å². The van der Waals surface area contributed by atoms with Gasteiger partial charge in [0.15, 0.2) is 9.84 Å². The predicted octanol–water partition coefficient (Wildman–Crippen LogP) is -0.186. The van der Waals surface area contributed by atoms with Crippen molar-refractivity contribution in [2.24, 2.45) is 5.92 Å². The molecule has 0 rings (SSSR count). The SMILES string of the molecule is COCS(=O)(=O)CC(C)C(=O)OC. The number of hydrogen-bond acceptors (Lipinski definition) is 5. The monoisotopic (exact) mass is 210 g/mol. The fourth-order valence-corrected chi connectivity index (χ4v) is 2.23. The Bertz CT molecular complexity index is 256. The number of carbonyl (C=O) groups is 1. The fraction of sp³-hybridized carbons (Fsp3) is 0.857. The van der Waals surface area contributed by atoms with Gasteiger partial charge in [-0.05, 0) is 0 Å². The third-order valence-corrected chi connectivity index (χ3v) is 3.01. The van der Waals surface area contributed by atoms with Gasteiger partial charge in [-0.3, -0.25) is 4.79 Å². The molecule has 0 fully saturated rings. The average Bonchev–Trinajstić information content (AvgIpc) is 2.01. The molecule has 0 saturated carbocycles. The molecule has 0 saturated heterocycles. The van der Waals surface area contributed by atoms with E-state index in [1.165, 1.54) is 21.1 Å². The molecule has 78 valence electrons. The summed E-state index contributed by atoms with van der Waals surface area (Å²) in [5, 5.41) is 0. The van der Waals surface area contributed by atoms with Crippen molar-refractivity contribution >= 4 is 15.8 Å². The van der Waals surface area contributed by atoms with Crippen molar-refractivity contribution < 1.29 is 22.7 Å². The second-order valence-corrected chi connectivity index (χ2v) is 4.80. The van der Waals surface area contributed by atoms with Crippen molar-refractivity contribution in [2.45, 2.75) is 6.92 Å². The second-order valence-electron chi connectivity index (χ2n) is 2.74. The van der Waals surface area contributed by atoms with Crippen LogP contribution in [0.4, 0.5) is 0 Å². The Morgan fingerprint density at radius 2 is 1.92 bits per heavy atom. The van der Waals surface area contributed by atoms with Crippen molar-refractivity contribution in [3.8, 4) is 0 Å². The van der Waals surface area contributed by atoms with Gasteiger partial charge in [-0.2, -0.15) is 0 Å². The van der Waals surface area contributed by atoms with Crippen molar-refractivity contribution in [1.82, 2.24) is 0 Å². The molecule has 0 radical (unpaired) electrons. The zero-order valence-electron chi connectivity index (χ0n) is 7.94. The minimum absolute atomic E-state index is 0.243. The lowest BCUT2D eigenvalue weighted by Gasteiger charge is -2.08.